The molecule has 2 amide bonds. The molecule has 0 atom stereocenters. The van der Waals surface area contributed by atoms with Crippen molar-refractivity contribution in [2.24, 2.45) is 11.8 Å². The fourth-order valence-electron chi connectivity index (χ4n) is 1.31. The van der Waals surface area contributed by atoms with Gasteiger partial charge < -0.3 is 0 Å². The van der Waals surface area contributed by atoms with Gasteiger partial charge in [0.25, 0.3) is 5.91 Å². The summed E-state index contributed by atoms with van der Waals surface area (Å²) >= 11 is 0. The Morgan fingerprint density at radius 1 is 1.28 bits per heavy atom. The van der Waals surface area contributed by atoms with Crippen molar-refractivity contribution in [1.82, 2.24) is 16.4 Å². The van der Waals surface area contributed by atoms with Crippen molar-refractivity contribution in [2.75, 3.05) is 6.61 Å². The molecule has 100 valence electrons. The fourth-order valence-corrected chi connectivity index (χ4v) is 1.31. The van der Waals surface area contributed by atoms with Crippen molar-refractivity contribution in [3.8, 4) is 0 Å². The Morgan fingerprint density at radius 2 is 2.06 bits per heavy atom. The van der Waals surface area contributed by atoms with Crippen LogP contribution in [0.3, 0.4) is 0 Å². The second-order valence-corrected chi connectivity index (χ2v) is 3.82. The van der Waals surface area contributed by atoms with Crippen molar-refractivity contribution in [2.45, 2.75) is 19.3 Å². The number of carbonyl (C=O) groups excluding carboxylic acids is 2. The molecular formula is C11H18N4O3. The highest BCUT2D eigenvalue weighted by atomic mass is 16.7. The molecule has 0 saturated heterocycles. The normalized spacial score (nSPS) is 15.8. The van der Waals surface area contributed by atoms with Gasteiger partial charge in [0.1, 0.15) is 0 Å². The first-order chi connectivity index (χ1) is 8.74. The summed E-state index contributed by atoms with van der Waals surface area (Å²) in [5.74, 6) is 4.41. The number of carbonyl (C=O) groups is 2. The molecule has 0 heterocycles. The summed E-state index contributed by atoms with van der Waals surface area (Å²) < 4.78 is 0. The Kier molecular flexibility index (Phi) is 6.70. The Bertz CT molecular complexity index is 337. The van der Waals surface area contributed by atoms with E-state index in [2.05, 4.69) is 15.7 Å². The van der Waals surface area contributed by atoms with Crippen LogP contribution in [0.15, 0.2) is 24.3 Å². The number of nitrogens with two attached hydrogens (primary N) is 1. The van der Waals surface area contributed by atoms with Gasteiger partial charge in [-0.25, -0.2) is 5.84 Å². The molecule has 1 rings (SSSR count). The van der Waals surface area contributed by atoms with Gasteiger partial charge in [-0.15, -0.1) is 5.59 Å². The number of amides is 2. The van der Waals surface area contributed by atoms with Gasteiger partial charge in [0.2, 0.25) is 5.91 Å². The molecule has 7 nitrogen and oxygen atoms in total. The minimum Gasteiger partial charge on any atom is -0.283 e. The summed E-state index contributed by atoms with van der Waals surface area (Å²) in [5, 5.41) is 0. The van der Waals surface area contributed by atoms with Gasteiger partial charge in [-0.3, -0.25) is 25.3 Å². The van der Waals surface area contributed by atoms with Gasteiger partial charge in [0.15, 0.2) is 0 Å². The molecule has 0 unspecified atom stereocenters. The van der Waals surface area contributed by atoms with E-state index in [1.165, 1.54) is 12.2 Å². The summed E-state index contributed by atoms with van der Waals surface area (Å²) in [7, 11) is 0. The van der Waals surface area contributed by atoms with Gasteiger partial charge in [-0.1, -0.05) is 24.6 Å². The minimum absolute atomic E-state index is 0.0510. The van der Waals surface area contributed by atoms with E-state index in [1.54, 1.807) is 12.2 Å². The molecule has 0 aromatic heterocycles. The molecule has 0 radical (unpaired) electrons. The van der Waals surface area contributed by atoms with Crippen LogP contribution < -0.4 is 22.3 Å². The van der Waals surface area contributed by atoms with Crippen molar-refractivity contribution in [3.05, 3.63) is 24.3 Å². The molecule has 0 spiro atoms. The third kappa shape index (κ3) is 5.58. The van der Waals surface area contributed by atoms with E-state index in [1.807, 2.05) is 5.59 Å². The lowest BCUT2D eigenvalue weighted by molar-refractivity contribution is -0.131. The maximum Gasteiger partial charge on any atom is 0.262 e. The summed E-state index contributed by atoms with van der Waals surface area (Å²) in [6.07, 6.45) is 9.00. The molecule has 0 bridgehead atoms. The Morgan fingerprint density at radius 3 is 2.67 bits per heavy atom. The average Bonchev–Trinajstić information content (AvgIpc) is 2.29. The van der Waals surface area contributed by atoms with Gasteiger partial charge in [-0.2, -0.15) is 0 Å². The molecule has 18 heavy (non-hydrogen) atoms. The third-order valence-corrected chi connectivity index (χ3v) is 2.54. The predicted molar refractivity (Wildman–Crippen MR) is 65.2 cm³/mol. The highest BCUT2D eigenvalue weighted by molar-refractivity contribution is 5.90. The van der Waals surface area contributed by atoms with Crippen LogP contribution >= 0.6 is 0 Å². The van der Waals surface area contributed by atoms with E-state index < -0.39 is 0 Å². The molecule has 0 aromatic rings. The fraction of sp³-hybridized carbons (Fsp3) is 0.455. The number of hydrogen-bond acceptors (Lipinski definition) is 5. The molecule has 1 aliphatic rings. The van der Waals surface area contributed by atoms with Crippen LogP contribution in [-0.4, -0.2) is 18.4 Å². The summed E-state index contributed by atoms with van der Waals surface area (Å²) in [4.78, 5) is 27.2. The lowest BCUT2D eigenvalue weighted by atomic mass is 9.85. The average molecular weight is 254 g/mol. The highest BCUT2D eigenvalue weighted by Gasteiger charge is 2.24. The molecular weight excluding hydrogens is 236 g/mol. The van der Waals surface area contributed by atoms with E-state index in [4.69, 9.17) is 5.84 Å². The van der Waals surface area contributed by atoms with Crippen LogP contribution in [0.4, 0.5) is 0 Å². The summed E-state index contributed by atoms with van der Waals surface area (Å²) in [6.45, 7) is 0.293. The maximum absolute atomic E-state index is 11.4. The molecule has 5 N–H and O–H groups in total. The van der Waals surface area contributed by atoms with Crippen LogP contribution in [0.2, 0.25) is 0 Å². The third-order valence-electron chi connectivity index (χ3n) is 2.54. The molecule has 0 aromatic carbocycles. The van der Waals surface area contributed by atoms with Crippen molar-refractivity contribution >= 4 is 11.8 Å². The standard InChI is InChI=1S/C11H18N4O3/c12-15-18-8-3-1-2-7-10(16)13-14-11(17)9-5-4-6-9/h1-3,7,9,15H,4-6,8,12H2,(H,13,16)(H,14,17)/b3-1+,7-2+. The van der Waals surface area contributed by atoms with E-state index in [9.17, 15) is 9.59 Å². The Balaban J connectivity index is 2.10. The molecule has 0 aliphatic heterocycles. The number of hydrazine groups is 2. The van der Waals surface area contributed by atoms with E-state index >= 15 is 0 Å². The zero-order valence-corrected chi connectivity index (χ0v) is 10.0. The Labute approximate surface area is 105 Å². The first-order valence-corrected chi connectivity index (χ1v) is 5.74. The SMILES string of the molecule is NNOC/C=C/C=C/C(=O)NNC(=O)C1CCC1. The summed E-state index contributed by atoms with van der Waals surface area (Å²) in [5.41, 5.74) is 6.71. The zero-order valence-electron chi connectivity index (χ0n) is 10.0. The van der Waals surface area contributed by atoms with Crippen LogP contribution in [0.1, 0.15) is 19.3 Å². The highest BCUT2D eigenvalue weighted by Crippen LogP contribution is 2.25. The lowest BCUT2D eigenvalue weighted by Gasteiger charge is -2.23. The molecule has 1 aliphatic carbocycles. The van der Waals surface area contributed by atoms with Crippen molar-refractivity contribution in [3.63, 3.8) is 0 Å². The number of allylic oxidation sites excluding steroid dienone is 2. The van der Waals surface area contributed by atoms with E-state index in [0.29, 0.717) is 6.61 Å². The minimum atomic E-state index is -0.384. The second kappa shape index (κ2) is 8.40. The van der Waals surface area contributed by atoms with Crippen LogP contribution in [0, 0.1) is 5.92 Å². The van der Waals surface area contributed by atoms with Crippen molar-refractivity contribution < 1.29 is 14.4 Å². The van der Waals surface area contributed by atoms with Crippen LogP contribution in [-0.2, 0) is 14.4 Å². The second-order valence-electron chi connectivity index (χ2n) is 3.82. The number of rotatable bonds is 6. The largest absolute Gasteiger partial charge is 0.283 e. The Hall–Kier alpha value is -1.70. The van der Waals surface area contributed by atoms with Gasteiger partial charge >= 0.3 is 0 Å². The topological polar surface area (TPSA) is 105 Å². The number of hydrogen-bond donors (Lipinski definition) is 4. The van der Waals surface area contributed by atoms with Crippen molar-refractivity contribution in [1.29, 1.82) is 0 Å². The smallest absolute Gasteiger partial charge is 0.262 e. The first-order valence-electron chi connectivity index (χ1n) is 5.74. The first kappa shape index (κ1) is 14.4. The lowest BCUT2D eigenvalue weighted by Crippen LogP contribution is -2.45. The van der Waals surface area contributed by atoms with Gasteiger partial charge in [-0.05, 0) is 12.8 Å². The summed E-state index contributed by atoms with van der Waals surface area (Å²) in [6, 6.07) is 0. The maximum atomic E-state index is 11.4. The van der Waals surface area contributed by atoms with Crippen LogP contribution in [0.25, 0.3) is 0 Å². The van der Waals surface area contributed by atoms with Gasteiger partial charge in [0.05, 0.1) is 6.61 Å². The zero-order chi connectivity index (χ0) is 13.2. The number of nitrogens with one attached hydrogen (secondary N) is 3. The predicted octanol–water partition coefficient (Wildman–Crippen LogP) is -0.559. The van der Waals surface area contributed by atoms with E-state index in [-0.39, 0.29) is 17.7 Å². The monoisotopic (exact) mass is 254 g/mol. The quantitative estimate of drug-likeness (QED) is 0.167. The van der Waals surface area contributed by atoms with Crippen LogP contribution in [0.5, 0.6) is 0 Å². The van der Waals surface area contributed by atoms with E-state index in [0.717, 1.165) is 19.3 Å². The molecule has 7 heteroatoms. The van der Waals surface area contributed by atoms with Gasteiger partial charge in [0, 0.05) is 12.0 Å². The molecule has 1 fully saturated rings. The molecule has 1 saturated carbocycles.